The first-order valence-electron chi connectivity index (χ1n) is 6.82. The monoisotopic (exact) mass is 285 g/mol. The normalized spacial score (nSPS) is 21.9. The van der Waals surface area contributed by atoms with Crippen molar-refractivity contribution in [2.45, 2.75) is 32.2 Å². The maximum absolute atomic E-state index is 9.52. The van der Waals surface area contributed by atoms with Crippen LogP contribution >= 0.6 is 0 Å². The number of nitrogens with zero attached hydrogens (tertiary/aromatic N) is 1. The van der Waals surface area contributed by atoms with Crippen LogP contribution in [0.5, 0.6) is 0 Å². The summed E-state index contributed by atoms with van der Waals surface area (Å²) < 4.78 is 0. The Bertz CT molecular complexity index is 718. The van der Waals surface area contributed by atoms with Crippen molar-refractivity contribution in [1.82, 2.24) is 0 Å². The van der Waals surface area contributed by atoms with E-state index < -0.39 is 13.7 Å². The third-order valence-electron chi connectivity index (χ3n) is 3.96. The van der Waals surface area contributed by atoms with Crippen LogP contribution in [0.3, 0.4) is 0 Å². The van der Waals surface area contributed by atoms with E-state index in [1.165, 1.54) is 0 Å². The number of hydrogen-bond donors (Lipinski definition) is 1. The molecule has 0 unspecified atom stereocenters. The first kappa shape index (κ1) is 13.5. The molecule has 3 nitrogen and oxygen atoms in total. The number of aliphatic imine (C=N–C) groups is 1. The Hall–Kier alpha value is -1.49. The average Bonchev–Trinajstić information content (AvgIpc) is 2.70. The molecule has 104 valence electrons. The largest absolute Gasteiger partial charge is 0.259 e. The molecule has 0 bridgehead atoms. The minimum Gasteiger partial charge on any atom is -0.259 e. The Morgan fingerprint density at radius 1 is 1.10 bits per heavy atom. The predicted octanol–water partition coefficient (Wildman–Crippen LogP) is 4.51. The number of benzene rings is 2. The zero-order valence-electron chi connectivity index (χ0n) is 12.3. The topological polar surface area (TPSA) is 41.8 Å². The lowest BCUT2D eigenvalue weighted by Gasteiger charge is -2.30. The molecule has 1 aliphatic heterocycles. The highest BCUT2D eigenvalue weighted by Gasteiger charge is 2.46. The molecule has 0 amide bonds. The second kappa shape index (κ2) is 4.25. The van der Waals surface area contributed by atoms with Gasteiger partial charge in [0.05, 0.1) is 5.69 Å². The fourth-order valence-electron chi connectivity index (χ4n) is 3.03. The third-order valence-corrected chi connectivity index (χ3v) is 5.96. The lowest BCUT2D eigenvalue weighted by molar-refractivity contribution is -0.298. The molecule has 1 N–H and O–H groups in total. The van der Waals surface area contributed by atoms with Gasteiger partial charge in [0.2, 0.25) is 0 Å². The van der Waals surface area contributed by atoms with E-state index in [1.807, 2.05) is 19.1 Å². The maximum Gasteiger partial charge on any atom is 0.161 e. The molecule has 2 aromatic rings. The highest BCUT2D eigenvalue weighted by Crippen LogP contribution is 2.44. The van der Waals surface area contributed by atoms with Crippen LogP contribution in [0, 0.1) is 0 Å². The molecule has 4 heteroatoms. The van der Waals surface area contributed by atoms with E-state index in [4.69, 9.17) is 9.88 Å². The molecule has 0 spiro atoms. The second-order valence-electron chi connectivity index (χ2n) is 6.55. The summed E-state index contributed by atoms with van der Waals surface area (Å²) in [6.45, 7) is 8.56. The molecule has 1 atom stereocenters. The molecular weight excluding hydrogens is 266 g/mol. The Kier molecular flexibility index (Phi) is 2.87. The van der Waals surface area contributed by atoms with Crippen molar-refractivity contribution in [3.05, 3.63) is 42.0 Å². The Balaban J connectivity index is 2.29. The summed E-state index contributed by atoms with van der Waals surface area (Å²) in [6.07, 6.45) is 0. The van der Waals surface area contributed by atoms with Crippen molar-refractivity contribution in [3.8, 4) is 0 Å². The number of rotatable bonds is 2. The average molecular weight is 285 g/mol. The molecule has 0 saturated carbocycles. The molecule has 20 heavy (non-hydrogen) atoms. The molecule has 2 aromatic carbocycles. The van der Waals surface area contributed by atoms with Gasteiger partial charge < -0.3 is 0 Å². The third kappa shape index (κ3) is 1.84. The molecule has 0 aromatic heterocycles. The standard InChI is InChI=1S/C16H19NO2Si/c1-16(19-18)13-9-11-7-5-6-8-12(11)10-14(13)17-15(16)20(2,3)4/h5-10,18H,1-4H3/t16-/m0/s1. The Morgan fingerprint density at radius 2 is 1.70 bits per heavy atom. The lowest BCUT2D eigenvalue weighted by atomic mass is 9.95. The van der Waals surface area contributed by atoms with Crippen molar-refractivity contribution < 1.29 is 10.1 Å². The van der Waals surface area contributed by atoms with Crippen LogP contribution in [-0.2, 0) is 10.5 Å². The fraction of sp³-hybridized carbons (Fsp3) is 0.312. The summed E-state index contributed by atoms with van der Waals surface area (Å²) in [7, 11) is -1.69. The van der Waals surface area contributed by atoms with Crippen molar-refractivity contribution >= 4 is 29.9 Å². The van der Waals surface area contributed by atoms with Gasteiger partial charge in [-0.15, -0.1) is 0 Å². The molecule has 1 heterocycles. The lowest BCUT2D eigenvalue weighted by Crippen LogP contribution is -2.47. The van der Waals surface area contributed by atoms with Crippen LogP contribution in [0.4, 0.5) is 5.69 Å². The van der Waals surface area contributed by atoms with Crippen molar-refractivity contribution in [2.75, 3.05) is 0 Å². The first-order chi connectivity index (χ1) is 9.36. The minimum atomic E-state index is -1.69. The van der Waals surface area contributed by atoms with E-state index in [0.717, 1.165) is 27.4 Å². The van der Waals surface area contributed by atoms with Crippen LogP contribution in [0.1, 0.15) is 12.5 Å². The van der Waals surface area contributed by atoms with Crippen LogP contribution in [0.15, 0.2) is 41.4 Å². The highest BCUT2D eigenvalue weighted by molar-refractivity contribution is 7.05. The highest BCUT2D eigenvalue weighted by atomic mass is 28.3. The summed E-state index contributed by atoms with van der Waals surface area (Å²) in [6, 6.07) is 12.3. The van der Waals surface area contributed by atoms with E-state index in [0.29, 0.717) is 0 Å². The Morgan fingerprint density at radius 3 is 2.25 bits per heavy atom. The van der Waals surface area contributed by atoms with Gasteiger partial charge in [0.1, 0.15) is 8.07 Å². The van der Waals surface area contributed by atoms with Crippen molar-refractivity contribution in [2.24, 2.45) is 4.99 Å². The fourth-order valence-corrected chi connectivity index (χ4v) is 5.10. The number of hydrogen-bond acceptors (Lipinski definition) is 3. The van der Waals surface area contributed by atoms with Gasteiger partial charge in [-0.2, -0.15) is 0 Å². The quantitative estimate of drug-likeness (QED) is 0.501. The number of fused-ring (bicyclic) bond motifs is 2. The summed E-state index contributed by atoms with van der Waals surface area (Å²) in [5, 5.41) is 12.8. The summed E-state index contributed by atoms with van der Waals surface area (Å²) in [5.41, 5.74) is 1.05. The first-order valence-corrected chi connectivity index (χ1v) is 10.3. The molecule has 0 radical (unpaired) electrons. The summed E-state index contributed by atoms with van der Waals surface area (Å²) >= 11 is 0. The van der Waals surface area contributed by atoms with Gasteiger partial charge in [-0.05, 0) is 29.8 Å². The molecule has 0 aliphatic carbocycles. The molecule has 0 fully saturated rings. The second-order valence-corrected chi connectivity index (χ2v) is 11.5. The van der Waals surface area contributed by atoms with E-state index in [9.17, 15) is 5.26 Å². The van der Waals surface area contributed by atoms with Gasteiger partial charge in [0.15, 0.2) is 5.60 Å². The van der Waals surface area contributed by atoms with Crippen LogP contribution in [0.25, 0.3) is 10.8 Å². The molecular formula is C16H19NO2Si. The molecule has 0 saturated heterocycles. The van der Waals surface area contributed by atoms with Crippen molar-refractivity contribution in [3.63, 3.8) is 0 Å². The van der Waals surface area contributed by atoms with E-state index in [1.54, 1.807) is 0 Å². The maximum atomic E-state index is 9.52. The van der Waals surface area contributed by atoms with Gasteiger partial charge >= 0.3 is 0 Å². The molecule has 3 rings (SSSR count). The Labute approximate surface area is 119 Å². The zero-order valence-corrected chi connectivity index (χ0v) is 13.3. The van der Waals surface area contributed by atoms with Crippen molar-refractivity contribution in [1.29, 1.82) is 0 Å². The van der Waals surface area contributed by atoms with E-state index >= 15 is 0 Å². The van der Waals surface area contributed by atoms with E-state index in [2.05, 4.69) is 43.9 Å². The van der Waals surface area contributed by atoms with Gasteiger partial charge in [-0.25, -0.2) is 4.89 Å². The van der Waals surface area contributed by atoms with Gasteiger partial charge in [0, 0.05) is 10.9 Å². The summed E-state index contributed by atoms with van der Waals surface area (Å²) in [5.74, 6) is 0. The minimum absolute atomic E-state index is 0.816. The SMILES string of the molecule is C[C@@]1(OO)C([Si](C)(C)C)=Nc2cc3ccccc3cc21. The van der Waals surface area contributed by atoms with Crippen LogP contribution in [0.2, 0.25) is 19.6 Å². The smallest absolute Gasteiger partial charge is 0.161 e. The van der Waals surface area contributed by atoms with Crippen LogP contribution in [-0.4, -0.2) is 18.7 Å². The van der Waals surface area contributed by atoms with Gasteiger partial charge in [-0.1, -0.05) is 43.9 Å². The van der Waals surface area contributed by atoms with Crippen LogP contribution < -0.4 is 0 Å². The van der Waals surface area contributed by atoms with Gasteiger partial charge in [0.25, 0.3) is 0 Å². The zero-order chi connectivity index (χ0) is 14.5. The predicted molar refractivity (Wildman–Crippen MR) is 85.5 cm³/mol. The van der Waals surface area contributed by atoms with Gasteiger partial charge in [-0.3, -0.25) is 10.2 Å². The summed E-state index contributed by atoms with van der Waals surface area (Å²) in [4.78, 5) is 9.71. The van der Waals surface area contributed by atoms with E-state index in [-0.39, 0.29) is 0 Å². The molecule has 1 aliphatic rings.